The first-order valence-electron chi connectivity index (χ1n) is 8.47. The summed E-state index contributed by atoms with van der Waals surface area (Å²) >= 11 is 0. The van der Waals surface area contributed by atoms with Crippen LogP contribution in [0.3, 0.4) is 0 Å². The minimum atomic E-state index is 0.242. The lowest BCUT2D eigenvalue weighted by molar-refractivity contribution is -0.118. The van der Waals surface area contributed by atoms with E-state index in [1.165, 1.54) is 16.8 Å². The van der Waals surface area contributed by atoms with Crippen molar-refractivity contribution in [2.45, 2.75) is 32.2 Å². The van der Waals surface area contributed by atoms with Crippen molar-refractivity contribution in [3.63, 3.8) is 0 Å². The van der Waals surface area contributed by atoms with Crippen LogP contribution in [0.1, 0.15) is 24.5 Å². The van der Waals surface area contributed by atoms with Crippen molar-refractivity contribution in [2.75, 3.05) is 22.9 Å². The Balaban J connectivity index is 1.45. The van der Waals surface area contributed by atoms with Crippen molar-refractivity contribution < 1.29 is 4.79 Å². The van der Waals surface area contributed by atoms with E-state index in [0.717, 1.165) is 31.6 Å². The van der Waals surface area contributed by atoms with Crippen LogP contribution in [0, 0.1) is 0 Å². The molecule has 2 aromatic rings. The number of carbonyl (C=O) groups is 1. The summed E-state index contributed by atoms with van der Waals surface area (Å²) in [6, 6.07) is 17.1. The quantitative estimate of drug-likeness (QED) is 0.867. The number of nitrogens with zero attached hydrogens (tertiary/aromatic N) is 2. The van der Waals surface area contributed by atoms with Crippen LogP contribution >= 0.6 is 0 Å². The second-order valence-corrected chi connectivity index (χ2v) is 6.56. The van der Waals surface area contributed by atoms with E-state index in [1.54, 1.807) is 0 Å². The third-order valence-electron chi connectivity index (χ3n) is 5.05. The lowest BCUT2D eigenvalue weighted by atomic mass is 10.1. The van der Waals surface area contributed by atoms with Gasteiger partial charge >= 0.3 is 0 Å². The van der Waals surface area contributed by atoms with E-state index < -0.39 is 0 Å². The molecule has 0 aliphatic carbocycles. The third kappa shape index (κ3) is 2.50. The minimum Gasteiger partial charge on any atom is -0.370 e. The van der Waals surface area contributed by atoms with E-state index in [4.69, 9.17) is 0 Å². The zero-order valence-electron chi connectivity index (χ0n) is 13.5. The second kappa shape index (κ2) is 5.73. The molecule has 1 atom stereocenters. The Bertz CT molecular complexity index is 740. The fraction of sp³-hybridized carbons (Fsp3) is 0.350. The summed E-state index contributed by atoms with van der Waals surface area (Å²) in [4.78, 5) is 17.1. The van der Waals surface area contributed by atoms with E-state index in [0.29, 0.717) is 6.42 Å². The van der Waals surface area contributed by atoms with Gasteiger partial charge in [-0.05, 0) is 43.0 Å². The van der Waals surface area contributed by atoms with Crippen molar-refractivity contribution >= 4 is 17.3 Å². The Labute approximate surface area is 137 Å². The molecule has 2 aliphatic heterocycles. The number of carbonyl (C=O) groups excluding carboxylic acids is 1. The molecule has 4 rings (SSSR count). The van der Waals surface area contributed by atoms with Gasteiger partial charge in [0.15, 0.2) is 0 Å². The van der Waals surface area contributed by atoms with Gasteiger partial charge in [0.1, 0.15) is 0 Å². The lowest BCUT2D eigenvalue weighted by Gasteiger charge is -2.25. The van der Waals surface area contributed by atoms with Crippen LogP contribution in [0.25, 0.3) is 0 Å². The zero-order valence-corrected chi connectivity index (χ0v) is 13.5. The van der Waals surface area contributed by atoms with E-state index >= 15 is 0 Å². The first kappa shape index (κ1) is 14.3. The maximum Gasteiger partial charge on any atom is 0.229 e. The van der Waals surface area contributed by atoms with Crippen LogP contribution in [-0.4, -0.2) is 25.0 Å². The summed E-state index contributed by atoms with van der Waals surface area (Å²) in [5.41, 5.74) is 5.10. The Kier molecular flexibility index (Phi) is 3.56. The molecule has 118 valence electrons. The van der Waals surface area contributed by atoms with E-state index in [1.807, 2.05) is 11.0 Å². The van der Waals surface area contributed by atoms with Gasteiger partial charge in [-0.25, -0.2) is 0 Å². The highest BCUT2D eigenvalue weighted by molar-refractivity contribution is 5.96. The molecule has 0 spiro atoms. The highest BCUT2D eigenvalue weighted by Crippen LogP contribution is 2.33. The van der Waals surface area contributed by atoms with Gasteiger partial charge in [-0.1, -0.05) is 36.4 Å². The van der Waals surface area contributed by atoms with Crippen LogP contribution in [0.2, 0.25) is 0 Å². The van der Waals surface area contributed by atoms with Crippen LogP contribution in [0.15, 0.2) is 48.5 Å². The molecule has 2 aromatic carbocycles. The van der Waals surface area contributed by atoms with Gasteiger partial charge in [-0.2, -0.15) is 0 Å². The Morgan fingerprint density at radius 1 is 1.04 bits per heavy atom. The van der Waals surface area contributed by atoms with Gasteiger partial charge in [-0.15, -0.1) is 0 Å². The topological polar surface area (TPSA) is 23.6 Å². The van der Waals surface area contributed by atoms with E-state index in [2.05, 4.69) is 54.3 Å². The number of hydrogen-bond donors (Lipinski definition) is 0. The lowest BCUT2D eigenvalue weighted by Crippen LogP contribution is -2.38. The molecule has 0 fully saturated rings. The molecule has 23 heavy (non-hydrogen) atoms. The van der Waals surface area contributed by atoms with Gasteiger partial charge in [0.05, 0.1) is 0 Å². The molecule has 0 saturated carbocycles. The molecule has 0 saturated heterocycles. The summed E-state index contributed by atoms with van der Waals surface area (Å²) in [7, 11) is 0. The summed E-state index contributed by atoms with van der Waals surface area (Å²) in [5.74, 6) is 0.242. The SMILES string of the molecule is CC1Cc2ccccc2N1C(=O)CCN1CCc2ccccc21. The van der Waals surface area contributed by atoms with Gasteiger partial charge in [0, 0.05) is 36.9 Å². The van der Waals surface area contributed by atoms with Gasteiger partial charge in [0.2, 0.25) is 5.91 Å². The largest absolute Gasteiger partial charge is 0.370 e. The van der Waals surface area contributed by atoms with E-state index in [-0.39, 0.29) is 11.9 Å². The zero-order chi connectivity index (χ0) is 15.8. The van der Waals surface area contributed by atoms with Gasteiger partial charge in [0.25, 0.3) is 0 Å². The summed E-state index contributed by atoms with van der Waals surface area (Å²) < 4.78 is 0. The molecule has 1 unspecified atom stereocenters. The number of anilines is 2. The maximum absolute atomic E-state index is 12.8. The van der Waals surface area contributed by atoms with Crippen LogP contribution < -0.4 is 9.80 Å². The smallest absolute Gasteiger partial charge is 0.229 e. The molecule has 3 nitrogen and oxygen atoms in total. The first-order chi connectivity index (χ1) is 11.2. The Hall–Kier alpha value is -2.29. The summed E-state index contributed by atoms with van der Waals surface area (Å²) in [6.45, 7) is 3.98. The molecule has 0 bridgehead atoms. The van der Waals surface area contributed by atoms with E-state index in [9.17, 15) is 4.79 Å². The average Bonchev–Trinajstić information content (AvgIpc) is 3.12. The molecule has 3 heteroatoms. The minimum absolute atomic E-state index is 0.242. The number of benzene rings is 2. The number of fused-ring (bicyclic) bond motifs is 2. The van der Waals surface area contributed by atoms with Crippen LogP contribution in [0.4, 0.5) is 11.4 Å². The number of rotatable bonds is 3. The third-order valence-corrected chi connectivity index (χ3v) is 5.05. The Morgan fingerprint density at radius 3 is 2.57 bits per heavy atom. The standard InChI is InChI=1S/C20H22N2O/c1-15-14-17-7-3-5-9-19(17)22(15)20(23)11-13-21-12-10-16-6-2-4-8-18(16)21/h2-9,15H,10-14H2,1H3. The first-order valence-corrected chi connectivity index (χ1v) is 8.47. The molecule has 0 N–H and O–H groups in total. The van der Waals surface area contributed by atoms with Crippen LogP contribution in [0.5, 0.6) is 0 Å². The molecule has 0 radical (unpaired) electrons. The molecule has 2 aliphatic rings. The normalized spacial score (nSPS) is 18.9. The fourth-order valence-electron chi connectivity index (χ4n) is 3.94. The summed E-state index contributed by atoms with van der Waals surface area (Å²) in [6.07, 6.45) is 2.63. The average molecular weight is 306 g/mol. The van der Waals surface area contributed by atoms with Crippen molar-refractivity contribution in [3.05, 3.63) is 59.7 Å². The number of para-hydroxylation sites is 2. The number of hydrogen-bond acceptors (Lipinski definition) is 2. The monoisotopic (exact) mass is 306 g/mol. The van der Waals surface area contributed by atoms with Crippen molar-refractivity contribution in [1.82, 2.24) is 0 Å². The van der Waals surface area contributed by atoms with Gasteiger partial charge < -0.3 is 9.80 Å². The molecule has 0 aromatic heterocycles. The molecule has 1 amide bonds. The molecular formula is C20H22N2O. The Morgan fingerprint density at radius 2 is 1.74 bits per heavy atom. The van der Waals surface area contributed by atoms with Crippen molar-refractivity contribution in [3.8, 4) is 0 Å². The highest BCUT2D eigenvalue weighted by Gasteiger charge is 2.30. The summed E-state index contributed by atoms with van der Waals surface area (Å²) in [5, 5.41) is 0. The van der Waals surface area contributed by atoms with Crippen LogP contribution in [-0.2, 0) is 17.6 Å². The highest BCUT2D eigenvalue weighted by atomic mass is 16.2. The number of amides is 1. The van der Waals surface area contributed by atoms with Crippen molar-refractivity contribution in [1.29, 1.82) is 0 Å². The fourth-order valence-corrected chi connectivity index (χ4v) is 3.94. The predicted octanol–water partition coefficient (Wildman–Crippen LogP) is 3.42. The van der Waals surface area contributed by atoms with Crippen molar-refractivity contribution in [2.24, 2.45) is 0 Å². The predicted molar refractivity (Wildman–Crippen MR) is 94.1 cm³/mol. The molecule has 2 heterocycles. The maximum atomic E-state index is 12.8. The second-order valence-electron chi connectivity index (χ2n) is 6.56. The molecular weight excluding hydrogens is 284 g/mol. The van der Waals surface area contributed by atoms with Gasteiger partial charge in [-0.3, -0.25) is 4.79 Å².